The van der Waals surface area contributed by atoms with Gasteiger partial charge in [0.05, 0.1) is 5.60 Å². The molecule has 1 rings (SSSR count). The third-order valence-electron chi connectivity index (χ3n) is 3.22. The maximum absolute atomic E-state index is 9.75. The molecule has 1 saturated heterocycles. The van der Waals surface area contributed by atoms with Crippen LogP contribution in [0.1, 0.15) is 46.5 Å². The molecule has 0 amide bonds. The van der Waals surface area contributed by atoms with E-state index < -0.39 is 5.60 Å². The maximum Gasteiger partial charge on any atom is 0.0603 e. The van der Waals surface area contributed by atoms with Crippen molar-refractivity contribution in [3.8, 4) is 0 Å². The number of rotatable bonds is 7. The second kappa shape index (κ2) is 6.58. The van der Waals surface area contributed by atoms with E-state index in [0.29, 0.717) is 6.04 Å². The van der Waals surface area contributed by atoms with Crippen molar-refractivity contribution in [2.75, 3.05) is 26.2 Å². The second-order valence-electron chi connectivity index (χ2n) is 5.66. The fourth-order valence-electron chi connectivity index (χ4n) is 2.27. The molecule has 1 aliphatic heterocycles. The Labute approximate surface area is 100 Å². The van der Waals surface area contributed by atoms with Crippen LogP contribution in [-0.2, 0) is 0 Å². The zero-order chi connectivity index (χ0) is 12.0. The van der Waals surface area contributed by atoms with Crippen molar-refractivity contribution in [3.63, 3.8) is 0 Å². The van der Waals surface area contributed by atoms with Crippen LogP contribution in [0, 0.1) is 0 Å². The summed E-state index contributed by atoms with van der Waals surface area (Å²) in [5.74, 6) is 0. The van der Waals surface area contributed by atoms with E-state index in [4.69, 9.17) is 0 Å². The monoisotopic (exact) mass is 228 g/mol. The van der Waals surface area contributed by atoms with Crippen LogP contribution in [0.25, 0.3) is 0 Å². The van der Waals surface area contributed by atoms with Crippen LogP contribution >= 0.6 is 0 Å². The lowest BCUT2D eigenvalue weighted by molar-refractivity contribution is 0.0565. The van der Waals surface area contributed by atoms with Gasteiger partial charge in [-0.25, -0.2) is 0 Å². The molecule has 16 heavy (non-hydrogen) atoms. The Hall–Kier alpha value is -0.120. The molecular formula is C13H28N2O. The zero-order valence-corrected chi connectivity index (χ0v) is 11.1. The summed E-state index contributed by atoms with van der Waals surface area (Å²) in [5.41, 5.74) is -0.533. The molecule has 0 aromatic heterocycles. The number of aliphatic hydroxyl groups is 1. The van der Waals surface area contributed by atoms with Gasteiger partial charge in [0.2, 0.25) is 0 Å². The first-order chi connectivity index (χ1) is 7.51. The summed E-state index contributed by atoms with van der Waals surface area (Å²) in [5, 5.41) is 13.3. The Morgan fingerprint density at radius 2 is 2.12 bits per heavy atom. The molecule has 1 fully saturated rings. The third kappa shape index (κ3) is 5.83. The molecular weight excluding hydrogens is 200 g/mol. The lowest BCUT2D eigenvalue weighted by Crippen LogP contribution is -2.40. The Kier molecular flexibility index (Phi) is 5.73. The van der Waals surface area contributed by atoms with Crippen molar-refractivity contribution >= 4 is 0 Å². The SMILES string of the molecule is CCCN(CCC(C)(C)O)CC1CCCN1. The molecule has 0 spiro atoms. The average Bonchev–Trinajstić information content (AvgIpc) is 2.66. The summed E-state index contributed by atoms with van der Waals surface area (Å²) in [4.78, 5) is 2.49. The number of hydrogen-bond acceptors (Lipinski definition) is 3. The third-order valence-corrected chi connectivity index (χ3v) is 3.22. The van der Waals surface area contributed by atoms with Crippen molar-refractivity contribution in [1.29, 1.82) is 0 Å². The summed E-state index contributed by atoms with van der Waals surface area (Å²) >= 11 is 0. The van der Waals surface area contributed by atoms with E-state index in [-0.39, 0.29) is 0 Å². The number of nitrogens with one attached hydrogen (secondary N) is 1. The molecule has 3 heteroatoms. The largest absolute Gasteiger partial charge is 0.390 e. The first-order valence-corrected chi connectivity index (χ1v) is 6.69. The van der Waals surface area contributed by atoms with E-state index in [2.05, 4.69) is 17.1 Å². The van der Waals surface area contributed by atoms with E-state index in [1.54, 1.807) is 0 Å². The minimum Gasteiger partial charge on any atom is -0.390 e. The molecule has 1 aliphatic rings. The van der Waals surface area contributed by atoms with E-state index in [9.17, 15) is 5.11 Å². The van der Waals surface area contributed by atoms with E-state index in [1.807, 2.05) is 13.8 Å². The lowest BCUT2D eigenvalue weighted by Gasteiger charge is -2.28. The highest BCUT2D eigenvalue weighted by Gasteiger charge is 2.19. The topological polar surface area (TPSA) is 35.5 Å². The van der Waals surface area contributed by atoms with E-state index in [0.717, 1.165) is 26.1 Å². The Morgan fingerprint density at radius 1 is 1.38 bits per heavy atom. The molecule has 3 nitrogen and oxygen atoms in total. The highest BCUT2D eigenvalue weighted by Crippen LogP contribution is 2.11. The van der Waals surface area contributed by atoms with Crippen LogP contribution in [-0.4, -0.2) is 47.8 Å². The zero-order valence-electron chi connectivity index (χ0n) is 11.1. The summed E-state index contributed by atoms with van der Waals surface area (Å²) in [6, 6.07) is 0.674. The van der Waals surface area contributed by atoms with Crippen LogP contribution in [0.2, 0.25) is 0 Å². The van der Waals surface area contributed by atoms with Crippen LogP contribution in [0.3, 0.4) is 0 Å². The van der Waals surface area contributed by atoms with Crippen molar-refractivity contribution in [2.45, 2.75) is 58.1 Å². The first kappa shape index (κ1) is 13.9. The van der Waals surface area contributed by atoms with E-state index >= 15 is 0 Å². The Bertz CT molecular complexity index is 183. The highest BCUT2D eigenvalue weighted by atomic mass is 16.3. The van der Waals surface area contributed by atoms with Gasteiger partial charge in [-0.1, -0.05) is 6.92 Å². The van der Waals surface area contributed by atoms with E-state index in [1.165, 1.54) is 25.8 Å². The summed E-state index contributed by atoms with van der Waals surface area (Å²) in [6.45, 7) is 10.5. The molecule has 1 atom stereocenters. The molecule has 0 saturated carbocycles. The van der Waals surface area contributed by atoms with Crippen molar-refractivity contribution < 1.29 is 5.11 Å². The van der Waals surface area contributed by atoms with Gasteiger partial charge in [0.15, 0.2) is 0 Å². The number of hydrogen-bond donors (Lipinski definition) is 2. The van der Waals surface area contributed by atoms with Gasteiger partial charge in [-0.3, -0.25) is 0 Å². The van der Waals surface area contributed by atoms with Gasteiger partial charge in [-0.2, -0.15) is 0 Å². The molecule has 1 heterocycles. The van der Waals surface area contributed by atoms with Crippen LogP contribution < -0.4 is 5.32 Å². The summed E-state index contributed by atoms with van der Waals surface area (Å²) in [6.07, 6.45) is 4.68. The molecule has 2 N–H and O–H groups in total. The molecule has 0 bridgehead atoms. The predicted molar refractivity (Wildman–Crippen MR) is 68.7 cm³/mol. The highest BCUT2D eigenvalue weighted by molar-refractivity contribution is 4.79. The summed E-state index contributed by atoms with van der Waals surface area (Å²) < 4.78 is 0. The molecule has 0 aliphatic carbocycles. The van der Waals surface area contributed by atoms with Gasteiger partial charge in [-0.05, 0) is 52.6 Å². The molecule has 0 aromatic rings. The second-order valence-corrected chi connectivity index (χ2v) is 5.66. The number of nitrogens with zero attached hydrogens (tertiary/aromatic N) is 1. The van der Waals surface area contributed by atoms with Gasteiger partial charge in [-0.15, -0.1) is 0 Å². The van der Waals surface area contributed by atoms with Gasteiger partial charge >= 0.3 is 0 Å². The quantitative estimate of drug-likeness (QED) is 0.695. The van der Waals surface area contributed by atoms with Crippen molar-refractivity contribution in [1.82, 2.24) is 10.2 Å². The lowest BCUT2D eigenvalue weighted by atomic mass is 10.1. The fraction of sp³-hybridized carbons (Fsp3) is 1.00. The molecule has 0 radical (unpaired) electrons. The van der Waals surface area contributed by atoms with Gasteiger partial charge in [0, 0.05) is 19.1 Å². The predicted octanol–water partition coefficient (Wildman–Crippen LogP) is 1.61. The van der Waals surface area contributed by atoms with Crippen LogP contribution in [0.15, 0.2) is 0 Å². The van der Waals surface area contributed by atoms with Gasteiger partial charge < -0.3 is 15.3 Å². The minimum absolute atomic E-state index is 0.533. The average molecular weight is 228 g/mol. The Morgan fingerprint density at radius 3 is 2.62 bits per heavy atom. The van der Waals surface area contributed by atoms with Crippen molar-refractivity contribution in [2.24, 2.45) is 0 Å². The van der Waals surface area contributed by atoms with Gasteiger partial charge in [0.1, 0.15) is 0 Å². The molecule has 96 valence electrons. The molecule has 0 aromatic carbocycles. The standard InChI is InChI=1S/C13H28N2O/c1-4-9-15(10-7-13(2,3)16)11-12-6-5-8-14-12/h12,14,16H,4-11H2,1-3H3. The normalized spacial score (nSPS) is 21.9. The van der Waals surface area contributed by atoms with Crippen LogP contribution in [0.5, 0.6) is 0 Å². The first-order valence-electron chi connectivity index (χ1n) is 6.69. The minimum atomic E-state index is -0.533. The Balaban J connectivity index is 2.28. The fourth-order valence-corrected chi connectivity index (χ4v) is 2.27. The van der Waals surface area contributed by atoms with Crippen LogP contribution in [0.4, 0.5) is 0 Å². The smallest absolute Gasteiger partial charge is 0.0603 e. The maximum atomic E-state index is 9.75. The molecule has 1 unspecified atom stereocenters. The van der Waals surface area contributed by atoms with Gasteiger partial charge in [0.25, 0.3) is 0 Å². The van der Waals surface area contributed by atoms with Crippen molar-refractivity contribution in [3.05, 3.63) is 0 Å². The summed E-state index contributed by atoms with van der Waals surface area (Å²) in [7, 11) is 0.